The van der Waals surface area contributed by atoms with Crippen molar-refractivity contribution in [3.63, 3.8) is 0 Å². The van der Waals surface area contributed by atoms with E-state index in [0.717, 1.165) is 6.20 Å². The quantitative estimate of drug-likeness (QED) is 0.825. The van der Waals surface area contributed by atoms with Gasteiger partial charge >= 0.3 is 0 Å². The van der Waals surface area contributed by atoms with Crippen LogP contribution in [0.15, 0.2) is 36.8 Å². The fourth-order valence-electron chi connectivity index (χ4n) is 1.19. The summed E-state index contributed by atoms with van der Waals surface area (Å²) in [6, 6.07) is 3.79. The lowest BCUT2D eigenvalue weighted by Gasteiger charge is -2.03. The van der Waals surface area contributed by atoms with Gasteiger partial charge in [0, 0.05) is 6.20 Å². The van der Waals surface area contributed by atoms with Gasteiger partial charge in [0.05, 0.1) is 18.0 Å². The number of anilines is 1. The van der Waals surface area contributed by atoms with Gasteiger partial charge in [0.15, 0.2) is 0 Å². The van der Waals surface area contributed by atoms with E-state index in [-0.39, 0.29) is 17.1 Å². The van der Waals surface area contributed by atoms with Crippen LogP contribution in [-0.2, 0) is 0 Å². The number of hydrogen-bond acceptors (Lipinski definition) is 4. The molecular weight excluding hydrogens is 225 g/mol. The molecule has 0 saturated carbocycles. The minimum absolute atomic E-state index is 0.107. The average molecular weight is 233 g/mol. The molecule has 17 heavy (non-hydrogen) atoms. The molecule has 0 fully saturated rings. The van der Waals surface area contributed by atoms with Crippen molar-refractivity contribution in [3.05, 3.63) is 48.2 Å². The van der Waals surface area contributed by atoms with E-state index >= 15 is 0 Å². The highest BCUT2D eigenvalue weighted by atomic mass is 19.1. The summed E-state index contributed by atoms with van der Waals surface area (Å²) in [7, 11) is 0. The van der Waals surface area contributed by atoms with Crippen LogP contribution < -0.4 is 5.32 Å². The number of aromatic hydroxyl groups is 1. The monoisotopic (exact) mass is 233 g/mol. The Kier molecular flexibility index (Phi) is 2.95. The van der Waals surface area contributed by atoms with Crippen LogP contribution in [0.3, 0.4) is 0 Å². The van der Waals surface area contributed by atoms with Crippen molar-refractivity contribution in [2.24, 2.45) is 0 Å². The molecule has 86 valence electrons. The number of nitrogens with zero attached hydrogens (tertiary/aromatic N) is 2. The Morgan fingerprint density at radius 1 is 1.29 bits per heavy atom. The molecule has 2 rings (SSSR count). The number of amides is 1. The van der Waals surface area contributed by atoms with Gasteiger partial charge in [-0.25, -0.2) is 9.37 Å². The summed E-state index contributed by atoms with van der Waals surface area (Å²) in [5, 5.41) is 11.6. The summed E-state index contributed by atoms with van der Waals surface area (Å²) in [5.41, 5.74) is 0.191. The third-order valence-electron chi connectivity index (χ3n) is 1.95. The maximum Gasteiger partial charge on any atom is 0.258 e. The second kappa shape index (κ2) is 4.56. The molecular formula is C11H8FN3O2. The van der Waals surface area contributed by atoms with Crippen LogP contribution >= 0.6 is 0 Å². The molecule has 0 atom stereocenters. The molecule has 6 heteroatoms. The molecule has 2 heterocycles. The topological polar surface area (TPSA) is 75.1 Å². The van der Waals surface area contributed by atoms with Crippen LogP contribution in [0.1, 0.15) is 10.4 Å². The zero-order valence-corrected chi connectivity index (χ0v) is 8.59. The standard InChI is InChI=1S/C11H8FN3O2/c12-8-1-2-10(14-5-8)15-11(17)7-3-9(16)6-13-4-7/h1-6,16H,(H,14,15,17). The van der Waals surface area contributed by atoms with E-state index in [4.69, 9.17) is 5.11 Å². The average Bonchev–Trinajstić information content (AvgIpc) is 2.32. The maximum atomic E-state index is 12.6. The molecule has 0 unspecified atom stereocenters. The summed E-state index contributed by atoms with van der Waals surface area (Å²) >= 11 is 0. The van der Waals surface area contributed by atoms with Gasteiger partial charge in [-0.1, -0.05) is 0 Å². The fraction of sp³-hybridized carbons (Fsp3) is 0. The molecule has 0 aromatic carbocycles. The van der Waals surface area contributed by atoms with Gasteiger partial charge in [0.25, 0.3) is 5.91 Å². The minimum atomic E-state index is -0.484. The number of hydrogen-bond donors (Lipinski definition) is 2. The van der Waals surface area contributed by atoms with Crippen molar-refractivity contribution in [2.75, 3.05) is 5.32 Å². The van der Waals surface area contributed by atoms with Crippen LogP contribution in [0.5, 0.6) is 5.75 Å². The van der Waals surface area contributed by atoms with Gasteiger partial charge in [-0.15, -0.1) is 0 Å². The van der Waals surface area contributed by atoms with Gasteiger partial charge in [-0.2, -0.15) is 0 Å². The number of halogens is 1. The van der Waals surface area contributed by atoms with E-state index in [2.05, 4.69) is 15.3 Å². The summed E-state index contributed by atoms with van der Waals surface area (Å²) in [5.74, 6) is -0.848. The highest BCUT2D eigenvalue weighted by molar-refractivity contribution is 6.03. The number of carbonyl (C=O) groups excluding carboxylic acids is 1. The molecule has 0 radical (unpaired) electrons. The number of aromatic nitrogens is 2. The van der Waals surface area contributed by atoms with E-state index in [1.165, 1.54) is 30.6 Å². The fourth-order valence-corrected chi connectivity index (χ4v) is 1.19. The summed E-state index contributed by atoms with van der Waals surface area (Å²) in [6.07, 6.45) is 3.52. The second-order valence-corrected chi connectivity index (χ2v) is 3.25. The van der Waals surface area contributed by atoms with Gasteiger partial charge in [0.1, 0.15) is 17.4 Å². The molecule has 0 saturated heterocycles. The Morgan fingerprint density at radius 2 is 2.12 bits per heavy atom. The van der Waals surface area contributed by atoms with E-state index in [1.54, 1.807) is 0 Å². The third kappa shape index (κ3) is 2.75. The Balaban J connectivity index is 2.14. The van der Waals surface area contributed by atoms with Crippen molar-refractivity contribution in [1.82, 2.24) is 9.97 Å². The van der Waals surface area contributed by atoms with Gasteiger partial charge < -0.3 is 10.4 Å². The smallest absolute Gasteiger partial charge is 0.258 e. The van der Waals surface area contributed by atoms with E-state index in [0.29, 0.717) is 0 Å². The van der Waals surface area contributed by atoms with Crippen molar-refractivity contribution >= 4 is 11.7 Å². The van der Waals surface area contributed by atoms with Crippen LogP contribution in [0.2, 0.25) is 0 Å². The first-order valence-electron chi connectivity index (χ1n) is 4.72. The minimum Gasteiger partial charge on any atom is -0.506 e. The van der Waals surface area contributed by atoms with E-state index < -0.39 is 11.7 Å². The largest absolute Gasteiger partial charge is 0.506 e. The Morgan fingerprint density at radius 3 is 2.76 bits per heavy atom. The Labute approximate surface area is 96.0 Å². The molecule has 0 aliphatic rings. The molecule has 2 aromatic heterocycles. The third-order valence-corrected chi connectivity index (χ3v) is 1.95. The van der Waals surface area contributed by atoms with Gasteiger partial charge in [0.2, 0.25) is 0 Å². The highest BCUT2D eigenvalue weighted by Gasteiger charge is 2.07. The number of carbonyl (C=O) groups is 1. The lowest BCUT2D eigenvalue weighted by atomic mass is 10.2. The Hall–Kier alpha value is -2.50. The molecule has 2 N–H and O–H groups in total. The van der Waals surface area contributed by atoms with Crippen LogP contribution in [0.4, 0.5) is 10.2 Å². The first-order chi connectivity index (χ1) is 8.15. The Bertz CT molecular complexity index is 543. The van der Waals surface area contributed by atoms with Crippen molar-refractivity contribution in [1.29, 1.82) is 0 Å². The zero-order chi connectivity index (χ0) is 12.3. The van der Waals surface area contributed by atoms with Crippen molar-refractivity contribution in [3.8, 4) is 5.75 Å². The number of pyridine rings is 2. The summed E-state index contributed by atoms with van der Waals surface area (Å²) in [4.78, 5) is 19.0. The summed E-state index contributed by atoms with van der Waals surface area (Å²) in [6.45, 7) is 0. The number of nitrogens with one attached hydrogen (secondary N) is 1. The predicted molar refractivity (Wildman–Crippen MR) is 58.1 cm³/mol. The maximum absolute atomic E-state index is 12.6. The molecule has 0 aliphatic heterocycles. The lowest BCUT2D eigenvalue weighted by molar-refractivity contribution is 0.102. The SMILES string of the molecule is O=C(Nc1ccc(F)cn1)c1cncc(O)c1. The van der Waals surface area contributed by atoms with Gasteiger partial charge in [-0.05, 0) is 18.2 Å². The second-order valence-electron chi connectivity index (χ2n) is 3.25. The van der Waals surface area contributed by atoms with Gasteiger partial charge in [-0.3, -0.25) is 9.78 Å². The molecule has 1 amide bonds. The van der Waals surface area contributed by atoms with Crippen molar-refractivity contribution in [2.45, 2.75) is 0 Å². The lowest BCUT2D eigenvalue weighted by Crippen LogP contribution is -2.13. The molecule has 2 aromatic rings. The molecule has 5 nitrogen and oxygen atoms in total. The van der Waals surface area contributed by atoms with Crippen LogP contribution in [0.25, 0.3) is 0 Å². The zero-order valence-electron chi connectivity index (χ0n) is 8.59. The summed E-state index contributed by atoms with van der Waals surface area (Å²) < 4.78 is 12.6. The van der Waals surface area contributed by atoms with E-state index in [1.807, 2.05) is 0 Å². The molecule has 0 bridgehead atoms. The van der Waals surface area contributed by atoms with Crippen LogP contribution in [0, 0.1) is 5.82 Å². The predicted octanol–water partition coefficient (Wildman–Crippen LogP) is 1.57. The number of rotatable bonds is 2. The first-order valence-corrected chi connectivity index (χ1v) is 4.72. The highest BCUT2D eigenvalue weighted by Crippen LogP contribution is 2.11. The molecule has 0 spiro atoms. The first kappa shape index (κ1) is 11.0. The van der Waals surface area contributed by atoms with Crippen LogP contribution in [-0.4, -0.2) is 21.0 Å². The molecule has 0 aliphatic carbocycles. The van der Waals surface area contributed by atoms with Crippen molar-refractivity contribution < 1.29 is 14.3 Å². The van der Waals surface area contributed by atoms with E-state index in [9.17, 15) is 9.18 Å². The normalized spacial score (nSPS) is 9.94.